The molecule has 9 N–H and O–H groups in total. The van der Waals surface area contributed by atoms with Crippen molar-refractivity contribution in [2.45, 2.75) is 36.3 Å². The normalized spacial score (nSPS) is 23.4. The van der Waals surface area contributed by atoms with Gasteiger partial charge in [-0.3, -0.25) is 19.7 Å². The number of amides is 3. The summed E-state index contributed by atoms with van der Waals surface area (Å²) in [5.41, 5.74) is -5.84. The fraction of sp³-hybridized carbons (Fsp3) is 0.400. The zero-order chi connectivity index (χ0) is 30.0. The summed E-state index contributed by atoms with van der Waals surface area (Å²) < 4.78 is 20.1. The van der Waals surface area contributed by atoms with E-state index in [0.29, 0.717) is 0 Å². The van der Waals surface area contributed by atoms with Crippen molar-refractivity contribution in [2.75, 3.05) is 31.6 Å². The van der Waals surface area contributed by atoms with Gasteiger partial charge in [-0.25, -0.2) is 14.2 Å². The van der Waals surface area contributed by atoms with E-state index < -0.39 is 82.2 Å². The molecule has 0 aliphatic carbocycles. The minimum atomic E-state index is -3.43. The SMILES string of the molecule is O=C1CCC(O)(N2C(=O)c3cccc(NC(O)(O)c4cc(C(O)(O)N5CCOCC5)ccc4F)c3C2(O)O)C(=O)N1. The zero-order valence-electron chi connectivity index (χ0n) is 21.2. The van der Waals surface area contributed by atoms with E-state index in [1.807, 2.05) is 5.32 Å². The van der Waals surface area contributed by atoms with E-state index >= 15 is 0 Å². The van der Waals surface area contributed by atoms with E-state index in [1.165, 1.54) is 11.0 Å². The number of hydrogen-bond donors (Lipinski definition) is 9. The second-order valence-corrected chi connectivity index (χ2v) is 9.92. The van der Waals surface area contributed by atoms with Gasteiger partial charge in [0.1, 0.15) is 5.82 Å². The fourth-order valence-corrected chi connectivity index (χ4v) is 5.21. The van der Waals surface area contributed by atoms with Crippen molar-refractivity contribution in [3.63, 3.8) is 0 Å². The number of rotatable bonds is 6. The predicted octanol–water partition coefficient (Wildman–Crippen LogP) is -2.86. The number of imide groups is 1. The molecule has 5 rings (SSSR count). The number of halogens is 1. The third-order valence-electron chi connectivity index (χ3n) is 7.32. The Morgan fingerprint density at radius 2 is 1.68 bits per heavy atom. The third kappa shape index (κ3) is 4.64. The number of piperidine rings is 1. The molecule has 0 radical (unpaired) electrons. The van der Waals surface area contributed by atoms with Gasteiger partial charge in [0.25, 0.3) is 29.5 Å². The van der Waals surface area contributed by atoms with Gasteiger partial charge < -0.3 is 45.8 Å². The highest BCUT2D eigenvalue weighted by Gasteiger charge is 2.62. The number of morpholine rings is 1. The van der Waals surface area contributed by atoms with Crippen LogP contribution in [0.3, 0.4) is 0 Å². The number of nitrogens with zero attached hydrogens (tertiary/aromatic N) is 2. The Morgan fingerprint density at radius 3 is 2.34 bits per heavy atom. The van der Waals surface area contributed by atoms with Gasteiger partial charge in [0, 0.05) is 37.2 Å². The maximum Gasteiger partial charge on any atom is 0.283 e. The molecule has 3 heterocycles. The van der Waals surface area contributed by atoms with Gasteiger partial charge in [-0.2, -0.15) is 0 Å². The van der Waals surface area contributed by atoms with Crippen LogP contribution < -0.4 is 10.6 Å². The van der Waals surface area contributed by atoms with Crippen LogP contribution in [0, 0.1) is 5.82 Å². The molecule has 2 saturated heterocycles. The first-order chi connectivity index (χ1) is 19.1. The summed E-state index contributed by atoms with van der Waals surface area (Å²) in [5, 5.41) is 80.4. The molecule has 1 atom stereocenters. The average molecular weight is 579 g/mol. The second kappa shape index (κ2) is 9.76. The van der Waals surface area contributed by atoms with Crippen LogP contribution in [0.4, 0.5) is 10.1 Å². The number of fused-ring (bicyclic) bond motifs is 1. The van der Waals surface area contributed by atoms with Crippen molar-refractivity contribution in [2.24, 2.45) is 0 Å². The van der Waals surface area contributed by atoms with Crippen LogP contribution in [-0.4, -0.2) is 95.3 Å². The molecule has 1 unspecified atom stereocenters. The minimum Gasteiger partial charge on any atom is -0.379 e. The lowest BCUT2D eigenvalue weighted by Gasteiger charge is -2.42. The smallest absolute Gasteiger partial charge is 0.283 e. The predicted molar refractivity (Wildman–Crippen MR) is 131 cm³/mol. The van der Waals surface area contributed by atoms with Crippen LogP contribution in [-0.2, 0) is 32.1 Å². The van der Waals surface area contributed by atoms with Crippen molar-refractivity contribution in [1.29, 1.82) is 0 Å². The summed E-state index contributed by atoms with van der Waals surface area (Å²) in [6.45, 7) is 0.591. The first kappa shape index (κ1) is 28.9. The maximum atomic E-state index is 14.9. The molecule has 0 aromatic heterocycles. The van der Waals surface area contributed by atoms with Crippen molar-refractivity contribution in [3.8, 4) is 0 Å². The molecule has 2 aromatic rings. The highest BCUT2D eigenvalue weighted by atomic mass is 19.1. The van der Waals surface area contributed by atoms with Crippen LogP contribution in [0.15, 0.2) is 36.4 Å². The lowest BCUT2D eigenvalue weighted by atomic mass is 9.99. The van der Waals surface area contributed by atoms with Gasteiger partial charge in [-0.05, 0) is 30.3 Å². The summed E-state index contributed by atoms with van der Waals surface area (Å²) in [4.78, 5) is 38.5. The van der Waals surface area contributed by atoms with Crippen LogP contribution in [0.2, 0.25) is 0 Å². The average Bonchev–Trinajstić information content (AvgIpc) is 3.12. The minimum absolute atomic E-state index is 0.0451. The standard InChI is InChI=1S/C25H27FN4O11/c26-16-5-4-13(24(37,38)29-8-10-41-11-9-29)12-15(16)23(35,36)28-17-3-1-2-14-19(17)25(39,40)30(20(14)32)22(34)7-6-18(31)27-21(22)33/h1-5,12,28,34-40H,6-11H2,(H,27,31,33). The summed E-state index contributed by atoms with van der Waals surface area (Å²) in [5.74, 6) is -14.0. The third-order valence-corrected chi connectivity index (χ3v) is 7.32. The van der Waals surface area contributed by atoms with Gasteiger partial charge in [0.05, 0.1) is 29.9 Å². The molecule has 220 valence electrons. The Balaban J connectivity index is 1.51. The maximum absolute atomic E-state index is 14.9. The molecule has 41 heavy (non-hydrogen) atoms. The largest absolute Gasteiger partial charge is 0.379 e. The molecule has 15 nitrogen and oxygen atoms in total. The van der Waals surface area contributed by atoms with Crippen LogP contribution >= 0.6 is 0 Å². The lowest BCUT2D eigenvalue weighted by molar-refractivity contribution is -0.302. The topological polar surface area (TPSA) is 233 Å². The van der Waals surface area contributed by atoms with E-state index in [4.69, 9.17) is 4.74 Å². The Kier molecular flexibility index (Phi) is 6.89. The molecular weight excluding hydrogens is 551 g/mol. The number of anilines is 1. The molecule has 3 aliphatic heterocycles. The van der Waals surface area contributed by atoms with Gasteiger partial charge in [0.15, 0.2) is 0 Å². The number of aliphatic hydroxyl groups is 7. The number of carbonyl (C=O) groups excluding carboxylic acids is 3. The van der Waals surface area contributed by atoms with Crippen molar-refractivity contribution in [3.05, 3.63) is 64.5 Å². The van der Waals surface area contributed by atoms with Gasteiger partial charge >= 0.3 is 0 Å². The molecule has 2 fully saturated rings. The van der Waals surface area contributed by atoms with Gasteiger partial charge in [0.2, 0.25) is 11.6 Å². The van der Waals surface area contributed by atoms with Crippen molar-refractivity contribution in [1.82, 2.24) is 15.1 Å². The van der Waals surface area contributed by atoms with E-state index in [-0.39, 0.29) is 36.8 Å². The first-order valence-electron chi connectivity index (χ1n) is 12.4. The Hall–Kier alpha value is -3.58. The number of ether oxygens (including phenoxy) is 1. The lowest BCUT2D eigenvalue weighted by Crippen LogP contribution is -2.67. The molecular formula is C25H27FN4O11. The summed E-state index contributed by atoms with van der Waals surface area (Å²) in [6.07, 6.45) is -1.10. The van der Waals surface area contributed by atoms with E-state index in [2.05, 4.69) is 5.32 Å². The summed E-state index contributed by atoms with van der Waals surface area (Å²) in [7, 11) is 0. The van der Waals surface area contributed by atoms with Crippen LogP contribution in [0.25, 0.3) is 0 Å². The molecule has 0 spiro atoms. The quantitative estimate of drug-likeness (QED) is 0.124. The second-order valence-electron chi connectivity index (χ2n) is 9.92. The first-order valence-corrected chi connectivity index (χ1v) is 12.4. The van der Waals surface area contributed by atoms with Gasteiger partial charge in [-0.15, -0.1) is 0 Å². The Morgan fingerprint density at radius 1 is 1.00 bits per heavy atom. The Labute approximate surface area is 230 Å². The number of benzene rings is 2. The van der Waals surface area contributed by atoms with E-state index in [1.54, 1.807) is 0 Å². The van der Waals surface area contributed by atoms with Crippen molar-refractivity contribution >= 4 is 23.4 Å². The summed E-state index contributed by atoms with van der Waals surface area (Å²) in [6, 6.07) is 5.93. The molecule has 3 aliphatic rings. The summed E-state index contributed by atoms with van der Waals surface area (Å²) >= 11 is 0. The van der Waals surface area contributed by atoms with E-state index in [0.717, 1.165) is 30.3 Å². The molecule has 0 bridgehead atoms. The number of hydrogen-bond acceptors (Lipinski definition) is 13. The molecule has 0 saturated carbocycles. The molecule has 16 heteroatoms. The fourth-order valence-electron chi connectivity index (χ4n) is 5.21. The highest BCUT2D eigenvalue weighted by molar-refractivity contribution is 6.08. The monoisotopic (exact) mass is 578 g/mol. The molecule has 2 aromatic carbocycles. The number of nitrogens with one attached hydrogen (secondary N) is 2. The highest BCUT2D eigenvalue weighted by Crippen LogP contribution is 2.46. The van der Waals surface area contributed by atoms with Gasteiger partial charge in [-0.1, -0.05) is 6.07 Å². The Bertz CT molecular complexity index is 1430. The molecule has 3 amide bonds. The zero-order valence-corrected chi connectivity index (χ0v) is 21.2. The number of carbonyl (C=O) groups is 3. The van der Waals surface area contributed by atoms with Crippen molar-refractivity contribution < 1.29 is 59.3 Å². The van der Waals surface area contributed by atoms with Crippen LogP contribution in [0.5, 0.6) is 0 Å². The van der Waals surface area contributed by atoms with E-state index in [9.17, 15) is 54.5 Å². The van der Waals surface area contributed by atoms with Crippen LogP contribution in [0.1, 0.15) is 39.9 Å².